The second-order valence-electron chi connectivity index (χ2n) is 8.61. The van der Waals surface area contributed by atoms with Gasteiger partial charge in [-0.2, -0.15) is 0 Å². The first-order valence-corrected chi connectivity index (χ1v) is 12.5. The van der Waals surface area contributed by atoms with Crippen LogP contribution in [-0.2, 0) is 17.8 Å². The largest absolute Gasteiger partial charge is 0.478 e. The number of benzene rings is 3. The number of carbonyl (C=O) groups excluding carboxylic acids is 1. The number of carbonyl (C=O) groups is 1. The highest BCUT2D eigenvalue weighted by molar-refractivity contribution is 6.35. The van der Waals surface area contributed by atoms with Crippen LogP contribution in [0.2, 0.25) is 10.0 Å². The normalized spacial score (nSPS) is 13.2. The summed E-state index contributed by atoms with van der Waals surface area (Å²) in [5.74, 6) is 0.688. The van der Waals surface area contributed by atoms with Crippen molar-refractivity contribution >= 4 is 40.1 Å². The van der Waals surface area contributed by atoms with Gasteiger partial charge in [0.2, 0.25) is 11.2 Å². The summed E-state index contributed by atoms with van der Waals surface area (Å²) in [5, 5.41) is 1.53. The molecule has 9 heteroatoms. The molecule has 0 fully saturated rings. The van der Waals surface area contributed by atoms with Crippen molar-refractivity contribution in [1.29, 1.82) is 0 Å². The van der Waals surface area contributed by atoms with Crippen molar-refractivity contribution in [2.24, 2.45) is 0 Å². The smallest absolute Gasteiger partial charge is 0.338 e. The van der Waals surface area contributed by atoms with E-state index in [0.29, 0.717) is 64.5 Å². The van der Waals surface area contributed by atoms with Crippen LogP contribution in [0.3, 0.4) is 0 Å². The van der Waals surface area contributed by atoms with E-state index in [1.54, 1.807) is 48.5 Å². The Hall–Kier alpha value is -3.52. The van der Waals surface area contributed by atoms with E-state index in [1.807, 2.05) is 17.9 Å². The highest BCUT2D eigenvalue weighted by atomic mass is 35.5. The monoisotopic (exact) mass is 539 g/mol. The maximum Gasteiger partial charge on any atom is 0.338 e. The van der Waals surface area contributed by atoms with Crippen LogP contribution in [0, 0.1) is 0 Å². The number of hydrogen-bond donors (Lipinski definition) is 0. The van der Waals surface area contributed by atoms with Crippen molar-refractivity contribution < 1.29 is 23.4 Å². The summed E-state index contributed by atoms with van der Waals surface area (Å²) in [6.07, 6.45) is 2.04. The maximum absolute atomic E-state index is 13.2. The van der Waals surface area contributed by atoms with Crippen LogP contribution in [0.1, 0.15) is 34.8 Å². The first-order valence-electron chi connectivity index (χ1n) is 11.7. The fourth-order valence-corrected chi connectivity index (χ4v) is 4.53. The minimum absolute atomic E-state index is 0.0373. The Kier molecular flexibility index (Phi) is 7.37. The molecule has 1 aromatic heterocycles. The molecule has 0 saturated carbocycles. The molecule has 37 heavy (non-hydrogen) atoms. The highest BCUT2D eigenvalue weighted by Crippen LogP contribution is 2.34. The van der Waals surface area contributed by atoms with Crippen LogP contribution in [0.15, 0.2) is 70.1 Å². The summed E-state index contributed by atoms with van der Waals surface area (Å²) in [6.45, 7) is 3.70. The average Bonchev–Trinajstić information content (AvgIpc) is 2.90. The zero-order valence-corrected chi connectivity index (χ0v) is 21.5. The topological polar surface area (TPSA) is 78.2 Å². The molecule has 3 aromatic carbocycles. The Morgan fingerprint density at radius 3 is 2.65 bits per heavy atom. The van der Waals surface area contributed by atoms with Crippen LogP contribution < -0.4 is 14.9 Å². The van der Waals surface area contributed by atoms with Crippen molar-refractivity contribution in [2.45, 2.75) is 26.4 Å². The van der Waals surface area contributed by atoms with Crippen LogP contribution in [0.25, 0.3) is 11.0 Å². The van der Waals surface area contributed by atoms with Gasteiger partial charge in [0, 0.05) is 23.1 Å². The van der Waals surface area contributed by atoms with Crippen molar-refractivity contribution in [3.63, 3.8) is 0 Å². The van der Waals surface area contributed by atoms with Gasteiger partial charge in [-0.3, -0.25) is 9.69 Å². The predicted molar refractivity (Wildman–Crippen MR) is 141 cm³/mol. The third-order valence-electron chi connectivity index (χ3n) is 5.92. The van der Waals surface area contributed by atoms with Crippen molar-refractivity contribution in [3.8, 4) is 17.2 Å². The second-order valence-corrected chi connectivity index (χ2v) is 9.45. The number of hydrogen-bond acceptors (Lipinski definition) is 7. The van der Waals surface area contributed by atoms with Gasteiger partial charge in [0.1, 0.15) is 30.1 Å². The van der Waals surface area contributed by atoms with E-state index in [0.717, 1.165) is 17.5 Å². The molecule has 0 bridgehead atoms. The zero-order valence-electron chi connectivity index (χ0n) is 20.0. The van der Waals surface area contributed by atoms with E-state index in [4.69, 9.17) is 41.8 Å². The quantitative estimate of drug-likeness (QED) is 0.238. The highest BCUT2D eigenvalue weighted by Gasteiger charge is 2.23. The molecule has 0 atom stereocenters. The lowest BCUT2D eigenvalue weighted by Gasteiger charge is -2.29. The molecule has 0 N–H and O–H groups in total. The van der Waals surface area contributed by atoms with E-state index < -0.39 is 5.97 Å². The SMILES string of the molecule is CCCOC(=O)c1ccc(Oc2coc3c4c(ccc3c2=O)OCN(Cc2ccc(Cl)cc2Cl)C4)cc1. The van der Waals surface area contributed by atoms with E-state index in [-0.39, 0.29) is 11.2 Å². The van der Waals surface area contributed by atoms with Crippen molar-refractivity contribution in [3.05, 3.63) is 97.8 Å². The summed E-state index contributed by atoms with van der Waals surface area (Å²) >= 11 is 12.4. The molecule has 0 unspecified atom stereocenters. The van der Waals surface area contributed by atoms with Gasteiger partial charge < -0.3 is 18.6 Å². The number of nitrogens with zero attached hydrogens (tertiary/aromatic N) is 1. The number of esters is 1. The van der Waals surface area contributed by atoms with Crippen LogP contribution in [0.5, 0.6) is 17.2 Å². The summed E-state index contributed by atoms with van der Waals surface area (Å²) in [7, 11) is 0. The fourth-order valence-electron chi connectivity index (χ4n) is 4.06. The van der Waals surface area contributed by atoms with Gasteiger partial charge in [-0.1, -0.05) is 36.2 Å². The van der Waals surface area contributed by atoms with Crippen LogP contribution in [0.4, 0.5) is 0 Å². The van der Waals surface area contributed by atoms with Crippen LogP contribution >= 0.6 is 23.2 Å². The summed E-state index contributed by atoms with van der Waals surface area (Å²) in [6, 6.07) is 15.2. The summed E-state index contributed by atoms with van der Waals surface area (Å²) < 4.78 is 22.7. The molecule has 1 aliphatic heterocycles. The van der Waals surface area contributed by atoms with Gasteiger partial charge in [0.15, 0.2) is 0 Å². The predicted octanol–water partition coefficient (Wildman–Crippen LogP) is 6.81. The van der Waals surface area contributed by atoms with Gasteiger partial charge in [-0.25, -0.2) is 4.79 Å². The lowest BCUT2D eigenvalue weighted by Crippen LogP contribution is -2.31. The van der Waals surface area contributed by atoms with Gasteiger partial charge in [0.25, 0.3) is 0 Å². The summed E-state index contributed by atoms with van der Waals surface area (Å²) in [5.41, 5.74) is 2.22. The third kappa shape index (κ3) is 5.44. The molecule has 7 nitrogen and oxygen atoms in total. The van der Waals surface area contributed by atoms with Gasteiger partial charge in [-0.15, -0.1) is 0 Å². The minimum Gasteiger partial charge on any atom is -0.478 e. The molecule has 0 spiro atoms. The lowest BCUT2D eigenvalue weighted by atomic mass is 10.1. The Labute approximate surface area is 223 Å². The Morgan fingerprint density at radius 2 is 1.89 bits per heavy atom. The number of fused-ring (bicyclic) bond motifs is 3. The molecule has 5 rings (SSSR count). The molecule has 2 heterocycles. The molecule has 0 amide bonds. The molecule has 0 aliphatic carbocycles. The number of ether oxygens (including phenoxy) is 3. The second kappa shape index (κ2) is 10.8. The number of rotatable bonds is 7. The molecule has 0 radical (unpaired) electrons. The van der Waals surface area contributed by atoms with E-state index in [2.05, 4.69) is 0 Å². The maximum atomic E-state index is 13.2. The number of halogens is 2. The molecule has 1 aliphatic rings. The van der Waals surface area contributed by atoms with Gasteiger partial charge in [0.05, 0.1) is 23.1 Å². The molecule has 0 saturated heterocycles. The van der Waals surface area contributed by atoms with Gasteiger partial charge >= 0.3 is 5.97 Å². The molecular weight excluding hydrogens is 517 g/mol. The van der Waals surface area contributed by atoms with Crippen molar-refractivity contribution in [1.82, 2.24) is 4.90 Å². The molecule has 4 aromatic rings. The Morgan fingerprint density at radius 1 is 1.08 bits per heavy atom. The van der Waals surface area contributed by atoms with E-state index in [1.165, 1.54) is 6.26 Å². The molecular formula is C28H23Cl2NO6. The molecule has 190 valence electrons. The Bertz CT molecular complexity index is 1520. The zero-order chi connectivity index (χ0) is 25.9. The van der Waals surface area contributed by atoms with Crippen LogP contribution in [-0.4, -0.2) is 24.2 Å². The van der Waals surface area contributed by atoms with Crippen molar-refractivity contribution in [2.75, 3.05) is 13.3 Å². The summed E-state index contributed by atoms with van der Waals surface area (Å²) in [4.78, 5) is 27.3. The van der Waals surface area contributed by atoms with E-state index >= 15 is 0 Å². The average molecular weight is 540 g/mol. The first-order chi connectivity index (χ1) is 17.9. The minimum atomic E-state index is -0.405. The third-order valence-corrected chi connectivity index (χ3v) is 6.51. The Balaban J connectivity index is 1.36. The fraction of sp³-hybridized carbons (Fsp3) is 0.214. The van der Waals surface area contributed by atoms with E-state index in [9.17, 15) is 9.59 Å². The lowest BCUT2D eigenvalue weighted by molar-refractivity contribution is 0.0505. The first kappa shape index (κ1) is 25.1. The van der Waals surface area contributed by atoms with Gasteiger partial charge in [-0.05, 0) is 60.5 Å². The standard InChI is InChI=1S/C28H23Cl2NO6/c1-2-11-34-28(33)17-4-7-20(8-5-17)37-25-15-35-27-21(26(25)32)9-10-24-22(27)14-31(16-36-24)13-18-3-6-19(29)12-23(18)30/h3-10,12,15H,2,11,13-14,16H2,1H3.